The van der Waals surface area contributed by atoms with E-state index in [1.54, 1.807) is 6.07 Å². The summed E-state index contributed by atoms with van der Waals surface area (Å²) in [5, 5.41) is 7.21. The van der Waals surface area contributed by atoms with Crippen LogP contribution >= 0.6 is 0 Å². The Morgan fingerprint density at radius 2 is 2.03 bits per heavy atom. The fourth-order valence-corrected chi connectivity index (χ4v) is 3.56. The quantitative estimate of drug-likeness (QED) is 0.558. The van der Waals surface area contributed by atoms with Gasteiger partial charge < -0.3 is 9.72 Å². The number of carbonyl (C=O) groups is 1. The van der Waals surface area contributed by atoms with E-state index in [1.807, 2.05) is 60.1 Å². The Balaban J connectivity index is 1.35. The molecule has 7 heteroatoms. The second-order valence-electron chi connectivity index (χ2n) is 7.71. The topological polar surface area (TPSA) is 81.3 Å². The van der Waals surface area contributed by atoms with E-state index in [9.17, 15) is 9.59 Å². The van der Waals surface area contributed by atoms with Gasteiger partial charge in [0.05, 0.1) is 11.4 Å². The molecule has 1 amide bonds. The van der Waals surface area contributed by atoms with Crippen LogP contribution in [0.5, 0.6) is 0 Å². The fraction of sp³-hybridized carbons (Fsp3) is 0.217. The lowest BCUT2D eigenvalue weighted by Gasteiger charge is -2.09. The van der Waals surface area contributed by atoms with Gasteiger partial charge in [-0.2, -0.15) is 5.10 Å². The molecule has 0 spiro atoms. The number of imidazole rings is 1. The number of nitrogens with one attached hydrogen (secondary N) is 1. The Kier molecular flexibility index (Phi) is 4.43. The van der Waals surface area contributed by atoms with Gasteiger partial charge in [-0.05, 0) is 49.6 Å². The van der Waals surface area contributed by atoms with Crippen LogP contribution in [0.4, 0.5) is 5.69 Å². The minimum Gasteiger partial charge on any atom is -0.324 e. The van der Waals surface area contributed by atoms with Crippen LogP contribution in [0.2, 0.25) is 0 Å². The van der Waals surface area contributed by atoms with Gasteiger partial charge in [-0.1, -0.05) is 18.2 Å². The number of aromatic nitrogens is 4. The monoisotopic (exact) mass is 399 g/mol. The third-order valence-corrected chi connectivity index (χ3v) is 5.30. The molecule has 4 aromatic rings. The minimum absolute atomic E-state index is 0.114. The van der Waals surface area contributed by atoms with E-state index in [1.165, 1.54) is 10.7 Å². The van der Waals surface area contributed by atoms with Crippen LogP contribution in [0.25, 0.3) is 16.9 Å². The van der Waals surface area contributed by atoms with Crippen molar-refractivity contribution in [2.75, 3.05) is 5.32 Å². The standard InChI is InChI=1S/C23H21N5O2/c1-15-4-3-11-27-13-20(25-23(15)27)17-5-2-6-18(12-17)24-21(29)14-28-22(30)10-9-19(26-28)16-7-8-16/h2-6,9-13,16H,7-8,14H2,1H3,(H,24,29). The number of rotatable bonds is 5. The van der Waals surface area contributed by atoms with Gasteiger partial charge in [0.25, 0.3) is 5.56 Å². The van der Waals surface area contributed by atoms with Gasteiger partial charge in [0.15, 0.2) is 0 Å². The number of aryl methyl sites for hydroxylation is 1. The van der Waals surface area contributed by atoms with Gasteiger partial charge >= 0.3 is 0 Å². The lowest BCUT2D eigenvalue weighted by Crippen LogP contribution is -2.29. The van der Waals surface area contributed by atoms with Crippen molar-refractivity contribution in [2.45, 2.75) is 32.2 Å². The van der Waals surface area contributed by atoms with Gasteiger partial charge in [0, 0.05) is 35.6 Å². The molecule has 0 unspecified atom stereocenters. The van der Waals surface area contributed by atoms with E-state index in [0.29, 0.717) is 11.6 Å². The average Bonchev–Trinajstić information content (AvgIpc) is 3.48. The van der Waals surface area contributed by atoms with E-state index >= 15 is 0 Å². The Morgan fingerprint density at radius 3 is 2.83 bits per heavy atom. The number of anilines is 1. The maximum absolute atomic E-state index is 12.5. The highest BCUT2D eigenvalue weighted by molar-refractivity contribution is 5.91. The van der Waals surface area contributed by atoms with Crippen LogP contribution < -0.4 is 10.9 Å². The highest BCUT2D eigenvalue weighted by atomic mass is 16.2. The van der Waals surface area contributed by atoms with Crippen molar-refractivity contribution in [3.8, 4) is 11.3 Å². The number of fused-ring (bicyclic) bond motifs is 1. The van der Waals surface area contributed by atoms with Crippen LogP contribution in [0.3, 0.4) is 0 Å². The second kappa shape index (κ2) is 7.26. The highest BCUT2D eigenvalue weighted by Gasteiger charge is 2.25. The molecule has 3 aromatic heterocycles. The Morgan fingerprint density at radius 1 is 1.17 bits per heavy atom. The molecule has 0 atom stereocenters. The molecule has 0 aliphatic heterocycles. The third-order valence-electron chi connectivity index (χ3n) is 5.30. The molecular weight excluding hydrogens is 378 g/mol. The largest absolute Gasteiger partial charge is 0.324 e. The molecule has 3 heterocycles. The van der Waals surface area contributed by atoms with Crippen LogP contribution in [0.15, 0.2) is 65.7 Å². The van der Waals surface area contributed by atoms with Crippen LogP contribution in [-0.2, 0) is 11.3 Å². The first-order valence-corrected chi connectivity index (χ1v) is 9.99. The van der Waals surface area contributed by atoms with Crippen molar-refractivity contribution < 1.29 is 4.79 Å². The molecule has 30 heavy (non-hydrogen) atoms. The van der Waals surface area contributed by atoms with Gasteiger partial charge in [-0.25, -0.2) is 9.67 Å². The first-order chi connectivity index (χ1) is 14.6. The predicted molar refractivity (Wildman–Crippen MR) is 114 cm³/mol. The van der Waals surface area contributed by atoms with E-state index in [0.717, 1.165) is 41.0 Å². The van der Waals surface area contributed by atoms with Crippen LogP contribution in [-0.4, -0.2) is 25.1 Å². The molecule has 0 radical (unpaired) electrons. The molecule has 150 valence electrons. The van der Waals surface area contributed by atoms with Gasteiger partial charge in [-0.3, -0.25) is 9.59 Å². The summed E-state index contributed by atoms with van der Waals surface area (Å²) in [5.74, 6) is 0.131. The summed E-state index contributed by atoms with van der Waals surface area (Å²) in [5.41, 5.74) is 4.99. The number of hydrogen-bond donors (Lipinski definition) is 1. The summed E-state index contributed by atoms with van der Waals surface area (Å²) < 4.78 is 3.22. The Hall–Kier alpha value is -3.74. The molecular formula is C23H21N5O2. The molecule has 5 rings (SSSR count). The van der Waals surface area contributed by atoms with Gasteiger partial charge in [0.1, 0.15) is 12.2 Å². The zero-order valence-corrected chi connectivity index (χ0v) is 16.6. The Bertz CT molecular complexity index is 1320. The number of benzene rings is 1. The maximum Gasteiger partial charge on any atom is 0.267 e. The van der Waals surface area contributed by atoms with E-state index in [-0.39, 0.29) is 18.0 Å². The summed E-state index contributed by atoms with van der Waals surface area (Å²) in [4.78, 5) is 29.3. The van der Waals surface area contributed by atoms with Gasteiger partial charge in [0.2, 0.25) is 5.91 Å². The number of carbonyl (C=O) groups excluding carboxylic acids is 1. The van der Waals surface area contributed by atoms with E-state index < -0.39 is 0 Å². The highest BCUT2D eigenvalue weighted by Crippen LogP contribution is 2.38. The first kappa shape index (κ1) is 18.3. The maximum atomic E-state index is 12.5. The lowest BCUT2D eigenvalue weighted by atomic mass is 10.1. The zero-order valence-electron chi connectivity index (χ0n) is 16.6. The minimum atomic E-state index is -0.291. The molecule has 1 aromatic carbocycles. The van der Waals surface area contributed by atoms with Crippen molar-refractivity contribution in [1.82, 2.24) is 19.2 Å². The summed E-state index contributed by atoms with van der Waals surface area (Å²) >= 11 is 0. The normalized spacial score (nSPS) is 13.5. The molecule has 0 bridgehead atoms. The molecule has 0 saturated heterocycles. The van der Waals surface area contributed by atoms with Crippen molar-refractivity contribution in [1.29, 1.82) is 0 Å². The number of pyridine rings is 1. The smallest absolute Gasteiger partial charge is 0.267 e. The van der Waals surface area contributed by atoms with Crippen molar-refractivity contribution in [3.05, 3.63) is 82.5 Å². The molecule has 1 aliphatic rings. The number of hydrogen-bond acceptors (Lipinski definition) is 4. The van der Waals surface area contributed by atoms with Gasteiger partial charge in [-0.15, -0.1) is 0 Å². The SMILES string of the molecule is Cc1cccn2cc(-c3cccc(NC(=O)Cn4nc(C5CC5)ccc4=O)c3)nc12. The number of amides is 1. The third kappa shape index (κ3) is 3.61. The van der Waals surface area contributed by atoms with Crippen molar-refractivity contribution >= 4 is 17.2 Å². The number of nitrogens with zero attached hydrogens (tertiary/aromatic N) is 4. The summed E-state index contributed by atoms with van der Waals surface area (Å²) in [6.07, 6.45) is 6.11. The molecule has 1 aliphatic carbocycles. The first-order valence-electron chi connectivity index (χ1n) is 9.99. The lowest BCUT2D eigenvalue weighted by molar-refractivity contribution is -0.117. The second-order valence-corrected chi connectivity index (χ2v) is 7.71. The Labute approximate surface area is 173 Å². The summed E-state index contributed by atoms with van der Waals surface area (Å²) in [6, 6.07) is 14.8. The van der Waals surface area contributed by atoms with Crippen LogP contribution in [0, 0.1) is 6.92 Å². The van der Waals surface area contributed by atoms with Crippen LogP contribution in [0.1, 0.15) is 30.0 Å². The van der Waals surface area contributed by atoms with E-state index in [4.69, 9.17) is 4.98 Å². The van der Waals surface area contributed by atoms with Crippen molar-refractivity contribution in [2.24, 2.45) is 0 Å². The average molecular weight is 399 g/mol. The van der Waals surface area contributed by atoms with E-state index in [2.05, 4.69) is 10.4 Å². The molecule has 1 fully saturated rings. The fourth-order valence-electron chi connectivity index (χ4n) is 3.56. The molecule has 1 N–H and O–H groups in total. The predicted octanol–water partition coefficient (Wildman–Crippen LogP) is 3.38. The zero-order chi connectivity index (χ0) is 20.7. The summed E-state index contributed by atoms with van der Waals surface area (Å²) in [7, 11) is 0. The van der Waals surface area contributed by atoms with Crippen molar-refractivity contribution in [3.63, 3.8) is 0 Å². The summed E-state index contributed by atoms with van der Waals surface area (Å²) in [6.45, 7) is 1.91. The molecule has 7 nitrogen and oxygen atoms in total. The molecule has 1 saturated carbocycles.